The zero-order valence-electron chi connectivity index (χ0n) is 19.2. The lowest BCUT2D eigenvalue weighted by Crippen LogP contribution is -2.29. The van der Waals surface area contributed by atoms with E-state index < -0.39 is 5.41 Å². The van der Waals surface area contributed by atoms with E-state index >= 15 is 0 Å². The summed E-state index contributed by atoms with van der Waals surface area (Å²) in [5, 5.41) is 11.2. The number of nitrogens with zero attached hydrogens (tertiary/aromatic N) is 4. The molecule has 0 aliphatic heterocycles. The van der Waals surface area contributed by atoms with Crippen molar-refractivity contribution in [2.24, 2.45) is 0 Å². The highest BCUT2D eigenvalue weighted by molar-refractivity contribution is 7.12. The average molecular weight is 485 g/mol. The summed E-state index contributed by atoms with van der Waals surface area (Å²) in [6, 6.07) is 33.7. The fraction of sp³-hybridized carbons (Fsp3) is 0.0333. The van der Waals surface area contributed by atoms with Gasteiger partial charge < -0.3 is 4.74 Å². The van der Waals surface area contributed by atoms with E-state index in [2.05, 4.69) is 89.1 Å². The Kier molecular flexibility index (Phi) is 4.79. The molecule has 3 aromatic carbocycles. The molecular formula is C30H20N4OS. The zero-order valence-corrected chi connectivity index (χ0v) is 20.0. The molecule has 0 fully saturated rings. The predicted molar refractivity (Wildman–Crippen MR) is 141 cm³/mol. The summed E-state index contributed by atoms with van der Waals surface area (Å²) in [4.78, 5) is 6.48. The van der Waals surface area contributed by atoms with Crippen molar-refractivity contribution in [3.8, 4) is 27.6 Å². The summed E-state index contributed by atoms with van der Waals surface area (Å²) in [5.41, 5.74) is 7.35. The second kappa shape index (κ2) is 8.29. The van der Waals surface area contributed by atoms with Crippen LogP contribution in [-0.2, 0) is 5.41 Å². The van der Waals surface area contributed by atoms with E-state index in [4.69, 9.17) is 9.72 Å². The number of fused-ring (bicyclic) bond motifs is 3. The van der Waals surface area contributed by atoms with Gasteiger partial charge in [0.05, 0.1) is 23.5 Å². The van der Waals surface area contributed by atoms with Crippen LogP contribution in [-0.4, -0.2) is 20.0 Å². The molecule has 1 aliphatic rings. The average Bonchev–Trinajstić information content (AvgIpc) is 3.68. The molecule has 3 heterocycles. The highest BCUT2D eigenvalue weighted by Crippen LogP contribution is 2.55. The van der Waals surface area contributed by atoms with Gasteiger partial charge in [-0.15, -0.1) is 11.3 Å². The van der Waals surface area contributed by atoms with Crippen molar-refractivity contribution < 1.29 is 4.74 Å². The predicted octanol–water partition coefficient (Wildman–Crippen LogP) is 6.88. The van der Waals surface area contributed by atoms with Crippen LogP contribution in [0.3, 0.4) is 0 Å². The van der Waals surface area contributed by atoms with Gasteiger partial charge in [-0.2, -0.15) is 15.0 Å². The highest BCUT2D eigenvalue weighted by atomic mass is 32.1. The quantitative estimate of drug-likeness (QED) is 0.267. The van der Waals surface area contributed by atoms with E-state index in [1.54, 1.807) is 17.2 Å². The highest BCUT2D eigenvalue weighted by Gasteiger charge is 2.47. The third-order valence-corrected chi connectivity index (χ3v) is 7.49. The molecule has 6 aromatic rings. The first-order valence-electron chi connectivity index (χ1n) is 11.7. The zero-order chi connectivity index (χ0) is 24.0. The molecule has 0 N–H and O–H groups in total. The molecular weight excluding hydrogens is 464 g/mol. The van der Waals surface area contributed by atoms with Crippen molar-refractivity contribution in [1.29, 1.82) is 0 Å². The summed E-state index contributed by atoms with van der Waals surface area (Å²) in [5.74, 6) is 0.770. The topological polar surface area (TPSA) is 52.8 Å². The number of aromatic nitrogens is 4. The largest absolute Gasteiger partial charge is 0.447 e. The lowest BCUT2D eigenvalue weighted by atomic mass is 9.70. The molecule has 0 unspecified atom stereocenters. The number of benzene rings is 3. The van der Waals surface area contributed by atoms with Gasteiger partial charge in [-0.05, 0) is 52.1 Å². The Morgan fingerprint density at radius 1 is 0.694 bits per heavy atom. The second-order valence-electron chi connectivity index (χ2n) is 8.63. The van der Waals surface area contributed by atoms with Gasteiger partial charge in [0.15, 0.2) is 5.06 Å². The third kappa shape index (κ3) is 3.12. The van der Waals surface area contributed by atoms with Gasteiger partial charge in [-0.25, -0.2) is 0 Å². The van der Waals surface area contributed by atoms with Gasteiger partial charge in [0.2, 0.25) is 0 Å². The van der Waals surface area contributed by atoms with Crippen LogP contribution >= 0.6 is 11.3 Å². The molecule has 1 aliphatic carbocycles. The van der Waals surface area contributed by atoms with Gasteiger partial charge in [-0.1, -0.05) is 66.7 Å². The molecule has 0 saturated carbocycles. The molecule has 6 heteroatoms. The summed E-state index contributed by atoms with van der Waals surface area (Å²) >= 11 is 1.52. The molecule has 7 rings (SSSR count). The maximum Gasteiger partial charge on any atom is 0.183 e. The Hall–Kier alpha value is -4.55. The summed E-state index contributed by atoms with van der Waals surface area (Å²) in [6.45, 7) is 0. The number of ether oxygens (including phenoxy) is 1. The van der Waals surface area contributed by atoms with E-state index in [0.29, 0.717) is 0 Å². The van der Waals surface area contributed by atoms with E-state index in [-0.39, 0.29) is 0 Å². The van der Waals surface area contributed by atoms with Gasteiger partial charge >= 0.3 is 0 Å². The first-order valence-corrected chi connectivity index (χ1v) is 12.6. The van der Waals surface area contributed by atoms with Crippen molar-refractivity contribution in [1.82, 2.24) is 20.0 Å². The SMILES string of the molecule is c1ccc(C2(c3cccc(Oc4cc(-n5nccn5)cs4)c3)c3ccccc3-c3ccccc32)nc1. The fourth-order valence-corrected chi connectivity index (χ4v) is 6.01. The number of pyridine rings is 1. The van der Waals surface area contributed by atoms with Crippen LogP contribution in [0.4, 0.5) is 0 Å². The maximum absolute atomic E-state index is 6.34. The Balaban J connectivity index is 1.39. The van der Waals surface area contributed by atoms with Gasteiger partial charge in [0, 0.05) is 17.6 Å². The van der Waals surface area contributed by atoms with Crippen LogP contribution in [0, 0.1) is 0 Å². The maximum atomic E-state index is 6.34. The Bertz CT molecular complexity index is 1630. The third-order valence-electron chi connectivity index (χ3n) is 6.70. The standard InChI is InChI=1S/C30H20N4OS/c1-3-12-26-24(10-1)25-11-2-4-13-27(25)30(26,28-14-5-6-15-31-28)21-8-7-9-23(18-21)35-29-19-22(20-36-29)34-32-16-17-33-34/h1-20H. The molecule has 0 radical (unpaired) electrons. The van der Waals surface area contributed by atoms with Crippen molar-refractivity contribution in [2.45, 2.75) is 5.41 Å². The van der Waals surface area contributed by atoms with Crippen molar-refractivity contribution in [2.75, 3.05) is 0 Å². The van der Waals surface area contributed by atoms with Crippen LogP contribution in [0.5, 0.6) is 10.8 Å². The molecule has 0 bridgehead atoms. The molecule has 3 aromatic heterocycles. The lowest BCUT2D eigenvalue weighted by Gasteiger charge is -2.32. The normalized spacial score (nSPS) is 13.2. The number of hydrogen-bond donors (Lipinski definition) is 0. The molecule has 5 nitrogen and oxygen atoms in total. The summed E-state index contributed by atoms with van der Waals surface area (Å²) < 4.78 is 6.34. The van der Waals surface area contributed by atoms with Crippen LogP contribution in [0.2, 0.25) is 0 Å². The van der Waals surface area contributed by atoms with Crippen molar-refractivity contribution in [3.05, 3.63) is 143 Å². The van der Waals surface area contributed by atoms with E-state index in [0.717, 1.165) is 27.8 Å². The number of rotatable bonds is 5. The first kappa shape index (κ1) is 20.8. The van der Waals surface area contributed by atoms with Gasteiger partial charge in [0.1, 0.15) is 11.4 Å². The second-order valence-corrected chi connectivity index (χ2v) is 9.50. The van der Waals surface area contributed by atoms with E-state index in [1.165, 1.54) is 33.6 Å². The van der Waals surface area contributed by atoms with Crippen LogP contribution in [0.25, 0.3) is 16.8 Å². The number of thiophene rings is 1. The minimum absolute atomic E-state index is 0.548. The fourth-order valence-electron chi connectivity index (χ4n) is 5.28. The lowest BCUT2D eigenvalue weighted by molar-refractivity contribution is 0.494. The van der Waals surface area contributed by atoms with Gasteiger partial charge in [0.25, 0.3) is 0 Å². The van der Waals surface area contributed by atoms with E-state index in [1.807, 2.05) is 29.8 Å². The molecule has 36 heavy (non-hydrogen) atoms. The smallest absolute Gasteiger partial charge is 0.183 e. The van der Waals surface area contributed by atoms with E-state index in [9.17, 15) is 0 Å². The Morgan fingerprint density at radius 2 is 1.42 bits per heavy atom. The number of hydrogen-bond acceptors (Lipinski definition) is 5. The van der Waals surface area contributed by atoms with Crippen LogP contribution in [0.15, 0.2) is 121 Å². The molecule has 0 amide bonds. The monoisotopic (exact) mass is 484 g/mol. The minimum atomic E-state index is -0.548. The van der Waals surface area contributed by atoms with Crippen molar-refractivity contribution in [3.63, 3.8) is 0 Å². The van der Waals surface area contributed by atoms with Crippen molar-refractivity contribution >= 4 is 11.3 Å². The Morgan fingerprint density at radius 3 is 2.14 bits per heavy atom. The summed E-state index contributed by atoms with van der Waals surface area (Å²) in [7, 11) is 0. The van der Waals surface area contributed by atoms with Crippen LogP contribution in [0.1, 0.15) is 22.4 Å². The van der Waals surface area contributed by atoms with Gasteiger partial charge in [-0.3, -0.25) is 4.98 Å². The molecule has 0 atom stereocenters. The first-order chi connectivity index (χ1) is 17.8. The molecule has 172 valence electrons. The molecule has 0 saturated heterocycles. The van der Waals surface area contributed by atoms with Crippen LogP contribution < -0.4 is 4.74 Å². The molecule has 0 spiro atoms. The summed E-state index contributed by atoms with van der Waals surface area (Å²) in [6.07, 6.45) is 5.20. The Labute approximate surface area is 212 Å². The minimum Gasteiger partial charge on any atom is -0.447 e.